The standard InChI is InChI=1S/C24H42O5S.K/c1-2-3-4-5-6-7-8-9-10-11-12-13-14-15-16-17-18-21-19-23(26)24(20-22(21)25)30(27,28)29;/h19-20,25-26H,2-18H2,1H3,(H,27,28,29);/q;+1/p-1. The minimum absolute atomic E-state index is 0. The maximum Gasteiger partial charge on any atom is 1.00 e. The van der Waals surface area contributed by atoms with E-state index in [2.05, 4.69) is 6.92 Å². The minimum atomic E-state index is -4.78. The van der Waals surface area contributed by atoms with E-state index in [0.29, 0.717) is 12.0 Å². The Morgan fingerprint density at radius 3 is 1.45 bits per heavy atom. The van der Waals surface area contributed by atoms with Gasteiger partial charge in [0.25, 0.3) is 0 Å². The van der Waals surface area contributed by atoms with Gasteiger partial charge in [0, 0.05) is 6.07 Å². The summed E-state index contributed by atoms with van der Waals surface area (Å²) in [6.45, 7) is 2.26. The third kappa shape index (κ3) is 15.0. The van der Waals surface area contributed by atoms with Crippen molar-refractivity contribution >= 4 is 10.1 Å². The van der Waals surface area contributed by atoms with Crippen LogP contribution in [0.3, 0.4) is 0 Å². The van der Waals surface area contributed by atoms with Gasteiger partial charge in [0.1, 0.15) is 21.6 Å². The van der Waals surface area contributed by atoms with Gasteiger partial charge < -0.3 is 14.8 Å². The summed E-state index contributed by atoms with van der Waals surface area (Å²) in [5.41, 5.74) is 0.477. The average Bonchev–Trinajstić information content (AvgIpc) is 2.69. The summed E-state index contributed by atoms with van der Waals surface area (Å²) in [7, 11) is -4.78. The van der Waals surface area contributed by atoms with Crippen LogP contribution in [0.4, 0.5) is 0 Å². The Labute approximate surface area is 232 Å². The molecule has 7 heteroatoms. The maximum absolute atomic E-state index is 11.0. The Bertz CT molecular complexity index is 691. The zero-order valence-electron chi connectivity index (χ0n) is 19.7. The van der Waals surface area contributed by atoms with Gasteiger partial charge in [-0.2, -0.15) is 0 Å². The van der Waals surface area contributed by atoms with E-state index >= 15 is 0 Å². The number of hydrogen-bond donors (Lipinski definition) is 2. The minimum Gasteiger partial charge on any atom is -0.744 e. The van der Waals surface area contributed by atoms with Gasteiger partial charge in [0.15, 0.2) is 0 Å². The molecule has 0 aliphatic rings. The summed E-state index contributed by atoms with van der Waals surface area (Å²) in [5, 5.41) is 19.6. The fourth-order valence-electron chi connectivity index (χ4n) is 3.86. The normalized spacial score (nSPS) is 11.4. The second-order valence-electron chi connectivity index (χ2n) is 8.46. The molecular formula is C24H41KO5S. The topological polar surface area (TPSA) is 97.7 Å². The van der Waals surface area contributed by atoms with Gasteiger partial charge in [0.2, 0.25) is 0 Å². The summed E-state index contributed by atoms with van der Waals surface area (Å²) >= 11 is 0. The molecule has 0 radical (unpaired) electrons. The van der Waals surface area contributed by atoms with E-state index in [4.69, 9.17) is 0 Å². The molecular weight excluding hydrogens is 439 g/mol. The van der Waals surface area contributed by atoms with E-state index in [-0.39, 0.29) is 57.1 Å². The van der Waals surface area contributed by atoms with Crippen molar-refractivity contribution in [1.29, 1.82) is 0 Å². The SMILES string of the molecule is CCCCCCCCCCCCCCCCCCc1cc(O)c(S(=O)(=O)[O-])cc1O.[K+]. The molecule has 174 valence electrons. The Hall–Kier alpha value is 0.366. The molecule has 0 saturated heterocycles. The van der Waals surface area contributed by atoms with Crippen LogP contribution in [0.1, 0.15) is 115 Å². The summed E-state index contributed by atoms with van der Waals surface area (Å²) in [6.07, 6.45) is 21.1. The molecule has 1 aromatic carbocycles. The van der Waals surface area contributed by atoms with Gasteiger partial charge in [0.05, 0.1) is 4.90 Å². The first-order valence-corrected chi connectivity index (χ1v) is 13.3. The number of phenols is 2. The molecule has 0 atom stereocenters. The fourth-order valence-corrected chi connectivity index (χ4v) is 4.44. The van der Waals surface area contributed by atoms with E-state index in [9.17, 15) is 23.2 Å². The van der Waals surface area contributed by atoms with Crippen molar-refractivity contribution in [2.24, 2.45) is 0 Å². The van der Waals surface area contributed by atoms with Crippen molar-refractivity contribution in [3.8, 4) is 11.5 Å². The number of unbranched alkanes of at least 4 members (excludes halogenated alkanes) is 15. The molecule has 0 spiro atoms. The first-order valence-electron chi connectivity index (χ1n) is 11.9. The third-order valence-electron chi connectivity index (χ3n) is 5.73. The Morgan fingerprint density at radius 2 is 1.06 bits per heavy atom. The van der Waals surface area contributed by atoms with Crippen LogP contribution in [0.5, 0.6) is 11.5 Å². The van der Waals surface area contributed by atoms with E-state index in [1.54, 1.807) is 0 Å². The molecule has 0 aliphatic carbocycles. The van der Waals surface area contributed by atoms with E-state index in [1.807, 2.05) is 0 Å². The summed E-state index contributed by atoms with van der Waals surface area (Å²) in [6, 6.07) is 2.03. The molecule has 1 aromatic rings. The second kappa shape index (κ2) is 18.8. The molecule has 1 rings (SSSR count). The number of hydrogen-bond acceptors (Lipinski definition) is 5. The molecule has 0 amide bonds. The van der Waals surface area contributed by atoms with Crippen LogP contribution >= 0.6 is 0 Å². The fraction of sp³-hybridized carbons (Fsp3) is 0.750. The summed E-state index contributed by atoms with van der Waals surface area (Å²) in [4.78, 5) is -0.768. The van der Waals surface area contributed by atoms with Gasteiger partial charge in [-0.15, -0.1) is 0 Å². The van der Waals surface area contributed by atoms with E-state index < -0.39 is 20.8 Å². The van der Waals surface area contributed by atoms with Crippen molar-refractivity contribution < 1.29 is 74.6 Å². The Kier molecular flexibility index (Phi) is 19.0. The van der Waals surface area contributed by atoms with Gasteiger partial charge in [-0.1, -0.05) is 103 Å². The first kappa shape index (κ1) is 31.4. The molecule has 5 nitrogen and oxygen atoms in total. The monoisotopic (exact) mass is 480 g/mol. The predicted molar refractivity (Wildman–Crippen MR) is 121 cm³/mol. The molecule has 2 N–H and O–H groups in total. The summed E-state index contributed by atoms with van der Waals surface area (Å²) < 4.78 is 33.0. The van der Waals surface area contributed by atoms with Crippen LogP contribution in [-0.2, 0) is 16.5 Å². The van der Waals surface area contributed by atoms with Crippen LogP contribution in [0.15, 0.2) is 17.0 Å². The number of benzene rings is 1. The van der Waals surface area contributed by atoms with Gasteiger partial charge in [-0.05, 0) is 24.5 Å². The zero-order valence-corrected chi connectivity index (χ0v) is 23.6. The van der Waals surface area contributed by atoms with Crippen LogP contribution in [0, 0.1) is 0 Å². The molecule has 0 heterocycles. The maximum atomic E-state index is 11.0. The molecule has 0 unspecified atom stereocenters. The molecule has 0 aliphatic heterocycles. The van der Waals surface area contributed by atoms with Crippen LogP contribution < -0.4 is 51.4 Å². The van der Waals surface area contributed by atoms with E-state index in [0.717, 1.165) is 25.3 Å². The smallest absolute Gasteiger partial charge is 0.744 e. The summed E-state index contributed by atoms with van der Waals surface area (Å²) in [5.74, 6) is -0.836. The van der Waals surface area contributed by atoms with Crippen LogP contribution in [0.25, 0.3) is 0 Å². The molecule has 0 aromatic heterocycles. The number of aryl methyl sites for hydroxylation is 1. The van der Waals surface area contributed by atoms with Gasteiger partial charge in [-0.3, -0.25) is 0 Å². The van der Waals surface area contributed by atoms with Crippen LogP contribution in [0.2, 0.25) is 0 Å². The molecule has 0 fully saturated rings. The second-order valence-corrected chi connectivity index (χ2v) is 9.80. The predicted octanol–water partition coefficient (Wildman–Crippen LogP) is 3.81. The number of rotatable bonds is 18. The van der Waals surface area contributed by atoms with Crippen molar-refractivity contribution in [3.05, 3.63) is 17.7 Å². The van der Waals surface area contributed by atoms with Crippen molar-refractivity contribution in [2.45, 2.75) is 121 Å². The molecule has 0 saturated carbocycles. The zero-order chi connectivity index (χ0) is 22.2. The number of aromatic hydroxyl groups is 2. The van der Waals surface area contributed by atoms with E-state index in [1.165, 1.54) is 89.5 Å². The average molecular weight is 481 g/mol. The Balaban J connectivity index is 0.00000900. The van der Waals surface area contributed by atoms with Gasteiger partial charge >= 0.3 is 51.4 Å². The first-order chi connectivity index (χ1) is 14.4. The van der Waals surface area contributed by atoms with Crippen molar-refractivity contribution in [2.75, 3.05) is 0 Å². The van der Waals surface area contributed by atoms with Crippen molar-refractivity contribution in [3.63, 3.8) is 0 Å². The Morgan fingerprint density at radius 1 is 0.677 bits per heavy atom. The molecule has 31 heavy (non-hydrogen) atoms. The molecule has 0 bridgehead atoms. The van der Waals surface area contributed by atoms with Crippen LogP contribution in [-0.4, -0.2) is 23.2 Å². The number of phenolic OH excluding ortho intramolecular Hbond substituents is 2. The quantitative estimate of drug-likeness (QED) is 0.144. The van der Waals surface area contributed by atoms with Gasteiger partial charge in [-0.25, -0.2) is 8.42 Å². The van der Waals surface area contributed by atoms with Crippen molar-refractivity contribution in [1.82, 2.24) is 0 Å². The third-order valence-corrected chi connectivity index (χ3v) is 6.59. The largest absolute Gasteiger partial charge is 1.00 e.